The van der Waals surface area contributed by atoms with Gasteiger partial charge in [0.1, 0.15) is 5.70 Å². The van der Waals surface area contributed by atoms with Crippen molar-refractivity contribution in [2.24, 2.45) is 5.92 Å². The van der Waals surface area contributed by atoms with Crippen LogP contribution in [0.4, 0.5) is 0 Å². The zero-order valence-electron chi connectivity index (χ0n) is 9.98. The number of hydrogen-bond donors (Lipinski definition) is 1. The lowest BCUT2D eigenvalue weighted by molar-refractivity contribution is -0.137. The second kappa shape index (κ2) is 4.24. The van der Waals surface area contributed by atoms with E-state index in [-0.39, 0.29) is 17.5 Å². The van der Waals surface area contributed by atoms with Crippen molar-refractivity contribution in [3.63, 3.8) is 0 Å². The second-order valence-electron chi connectivity index (χ2n) is 4.36. The average molecular weight is 253 g/mol. The largest absolute Gasteiger partial charge is 0.477 e. The average Bonchev–Trinajstić information content (AvgIpc) is 2.57. The second-order valence-corrected chi connectivity index (χ2v) is 4.36. The molecule has 1 atom stereocenters. The predicted molar refractivity (Wildman–Crippen MR) is 69.6 cm³/mol. The van der Waals surface area contributed by atoms with E-state index in [2.05, 4.69) is 0 Å². The molecule has 0 aromatic heterocycles. The number of carbonyl (C=O) groups is 2. The standard InChI is InChI=1S/C15H11NO3/c17-14-9-8-10-4-1-2-5-11(10)12-6-3-7-13(15(18)19)16(12)14/h1-10H,(H,18,19). The van der Waals surface area contributed by atoms with Gasteiger partial charge in [0.15, 0.2) is 0 Å². The number of aliphatic carboxylic acids is 1. The molecule has 19 heavy (non-hydrogen) atoms. The fourth-order valence-electron chi connectivity index (χ4n) is 2.38. The molecular formula is C15H11NO3. The number of hydrogen-bond acceptors (Lipinski definition) is 2. The third-order valence-electron chi connectivity index (χ3n) is 3.24. The summed E-state index contributed by atoms with van der Waals surface area (Å²) in [7, 11) is 0. The van der Waals surface area contributed by atoms with Gasteiger partial charge in [-0.05, 0) is 17.7 Å². The first kappa shape index (κ1) is 11.5. The van der Waals surface area contributed by atoms with Gasteiger partial charge >= 0.3 is 5.97 Å². The maximum atomic E-state index is 12.1. The molecule has 0 fully saturated rings. The fourth-order valence-corrected chi connectivity index (χ4v) is 2.38. The third kappa shape index (κ3) is 1.78. The lowest BCUT2D eigenvalue weighted by atomic mass is 9.92. The summed E-state index contributed by atoms with van der Waals surface area (Å²) in [6, 6.07) is 0. The number of carboxylic acids is 1. The van der Waals surface area contributed by atoms with Crippen LogP contribution in [0.15, 0.2) is 71.7 Å². The van der Waals surface area contributed by atoms with Gasteiger partial charge in [-0.1, -0.05) is 36.5 Å². The van der Waals surface area contributed by atoms with Crippen LogP contribution in [-0.4, -0.2) is 21.9 Å². The molecule has 3 aliphatic rings. The van der Waals surface area contributed by atoms with Gasteiger partial charge in [-0.2, -0.15) is 0 Å². The number of carbonyl (C=O) groups excluding carboxylic acids is 1. The Labute approximate surface area is 110 Å². The molecule has 1 aliphatic carbocycles. The predicted octanol–water partition coefficient (Wildman–Crippen LogP) is 1.92. The molecule has 94 valence electrons. The molecule has 0 aromatic carbocycles. The number of allylic oxidation sites excluding steroid dienone is 9. The van der Waals surface area contributed by atoms with Crippen molar-refractivity contribution < 1.29 is 14.7 Å². The first-order valence-electron chi connectivity index (χ1n) is 5.91. The molecule has 0 saturated carbocycles. The van der Waals surface area contributed by atoms with E-state index in [0.29, 0.717) is 5.70 Å². The quantitative estimate of drug-likeness (QED) is 0.776. The fraction of sp³-hybridized carbons (Fsp3) is 0.0667. The van der Waals surface area contributed by atoms with Gasteiger partial charge in [-0.25, -0.2) is 4.79 Å². The summed E-state index contributed by atoms with van der Waals surface area (Å²) < 4.78 is 0. The highest BCUT2D eigenvalue weighted by Gasteiger charge is 2.31. The van der Waals surface area contributed by atoms with Crippen LogP contribution >= 0.6 is 0 Å². The minimum atomic E-state index is -1.11. The highest BCUT2D eigenvalue weighted by atomic mass is 16.4. The molecule has 2 heterocycles. The Morgan fingerprint density at radius 1 is 1.11 bits per heavy atom. The van der Waals surface area contributed by atoms with Gasteiger partial charge in [0, 0.05) is 12.0 Å². The van der Waals surface area contributed by atoms with Crippen molar-refractivity contribution in [1.82, 2.24) is 4.90 Å². The lowest BCUT2D eigenvalue weighted by Crippen LogP contribution is -2.32. The highest BCUT2D eigenvalue weighted by molar-refractivity contribution is 6.00. The van der Waals surface area contributed by atoms with Crippen molar-refractivity contribution in [1.29, 1.82) is 0 Å². The highest BCUT2D eigenvalue weighted by Crippen LogP contribution is 2.32. The Morgan fingerprint density at radius 2 is 1.95 bits per heavy atom. The van der Waals surface area contributed by atoms with Gasteiger partial charge in [-0.15, -0.1) is 0 Å². The van der Waals surface area contributed by atoms with Crippen LogP contribution < -0.4 is 0 Å². The number of nitrogens with zero attached hydrogens (tertiary/aromatic N) is 1. The van der Waals surface area contributed by atoms with Crippen molar-refractivity contribution in [2.75, 3.05) is 0 Å². The van der Waals surface area contributed by atoms with Crippen LogP contribution in [0.2, 0.25) is 0 Å². The van der Waals surface area contributed by atoms with E-state index in [4.69, 9.17) is 0 Å². The Morgan fingerprint density at radius 3 is 2.74 bits per heavy atom. The molecule has 0 radical (unpaired) electrons. The molecule has 1 amide bonds. The van der Waals surface area contributed by atoms with Crippen molar-refractivity contribution in [3.8, 4) is 0 Å². The summed E-state index contributed by atoms with van der Waals surface area (Å²) in [5.41, 5.74) is 1.52. The third-order valence-corrected chi connectivity index (χ3v) is 3.24. The number of fused-ring (bicyclic) bond motifs is 2. The summed E-state index contributed by atoms with van der Waals surface area (Å²) in [6.07, 6.45) is 15.8. The minimum Gasteiger partial charge on any atom is -0.477 e. The summed E-state index contributed by atoms with van der Waals surface area (Å²) in [5, 5.41) is 9.21. The molecule has 0 saturated heterocycles. The van der Waals surface area contributed by atoms with Gasteiger partial charge in [0.25, 0.3) is 5.91 Å². The van der Waals surface area contributed by atoms with Crippen LogP contribution in [-0.2, 0) is 9.59 Å². The van der Waals surface area contributed by atoms with E-state index in [1.165, 1.54) is 17.1 Å². The summed E-state index contributed by atoms with van der Waals surface area (Å²) >= 11 is 0. The molecule has 0 bridgehead atoms. The van der Waals surface area contributed by atoms with Gasteiger partial charge in [0.05, 0.1) is 5.70 Å². The smallest absolute Gasteiger partial charge is 0.352 e. The van der Waals surface area contributed by atoms with Crippen LogP contribution in [0.1, 0.15) is 0 Å². The maximum absolute atomic E-state index is 12.1. The first-order chi connectivity index (χ1) is 9.18. The van der Waals surface area contributed by atoms with E-state index < -0.39 is 5.97 Å². The molecular weight excluding hydrogens is 242 g/mol. The Bertz CT molecular complexity index is 644. The van der Waals surface area contributed by atoms with Crippen LogP contribution in [0.5, 0.6) is 0 Å². The summed E-state index contributed by atoms with van der Waals surface area (Å²) in [4.78, 5) is 24.6. The van der Waals surface area contributed by atoms with Gasteiger partial charge < -0.3 is 5.11 Å². The lowest BCUT2D eigenvalue weighted by Gasteiger charge is -2.27. The maximum Gasteiger partial charge on any atom is 0.352 e. The van der Waals surface area contributed by atoms with E-state index in [0.717, 1.165) is 5.57 Å². The molecule has 0 aromatic rings. The van der Waals surface area contributed by atoms with Crippen molar-refractivity contribution in [3.05, 3.63) is 71.7 Å². The Hall–Kier alpha value is -2.62. The zero-order chi connectivity index (χ0) is 13.4. The molecule has 3 rings (SSSR count). The molecule has 1 N–H and O–H groups in total. The van der Waals surface area contributed by atoms with Crippen LogP contribution in [0, 0.1) is 5.92 Å². The number of rotatable bonds is 1. The molecule has 1 unspecified atom stereocenters. The molecule has 4 nitrogen and oxygen atoms in total. The molecule has 2 aliphatic heterocycles. The molecule has 0 spiro atoms. The van der Waals surface area contributed by atoms with E-state index >= 15 is 0 Å². The van der Waals surface area contributed by atoms with E-state index in [1.54, 1.807) is 18.2 Å². The topological polar surface area (TPSA) is 57.6 Å². The minimum absolute atomic E-state index is 0.00625. The van der Waals surface area contributed by atoms with E-state index in [1.807, 2.05) is 24.3 Å². The summed E-state index contributed by atoms with van der Waals surface area (Å²) in [5.74, 6) is -1.44. The van der Waals surface area contributed by atoms with Crippen molar-refractivity contribution in [2.45, 2.75) is 0 Å². The number of carboxylic acid groups (broad SMARTS) is 1. The van der Waals surface area contributed by atoms with Crippen LogP contribution in [0.3, 0.4) is 0 Å². The SMILES string of the molecule is O=C(O)C1=CC=CC2=C3C=CC=CC3C=CC(=O)N12. The monoisotopic (exact) mass is 253 g/mol. The van der Waals surface area contributed by atoms with Gasteiger partial charge in [0.2, 0.25) is 0 Å². The number of amides is 1. The Balaban J connectivity index is 2.20. The van der Waals surface area contributed by atoms with Crippen LogP contribution in [0.25, 0.3) is 0 Å². The first-order valence-corrected chi connectivity index (χ1v) is 5.91. The Kier molecular flexibility index (Phi) is 2.56. The normalized spacial score (nSPS) is 24.0. The van der Waals surface area contributed by atoms with E-state index in [9.17, 15) is 14.7 Å². The van der Waals surface area contributed by atoms with Gasteiger partial charge in [-0.3, -0.25) is 9.69 Å². The molecule has 4 heteroatoms. The zero-order valence-corrected chi connectivity index (χ0v) is 9.98. The van der Waals surface area contributed by atoms with Crippen molar-refractivity contribution >= 4 is 11.9 Å². The summed E-state index contributed by atoms with van der Waals surface area (Å²) in [6.45, 7) is 0.